The van der Waals surface area contributed by atoms with E-state index in [0.29, 0.717) is 0 Å². The average molecular weight is 404 g/mol. The zero-order valence-corrected chi connectivity index (χ0v) is 16.0. The van der Waals surface area contributed by atoms with E-state index < -0.39 is 0 Å². The normalized spacial score (nSPS) is 15.1. The maximum atomic E-state index is 4.32. The lowest BCUT2D eigenvalue weighted by atomic mass is 9.98. The Labute approximate surface area is 157 Å². The summed E-state index contributed by atoms with van der Waals surface area (Å²) >= 11 is 7.50. The van der Waals surface area contributed by atoms with Gasteiger partial charge in [0.15, 0.2) is 0 Å². The summed E-state index contributed by atoms with van der Waals surface area (Å²) < 4.78 is 3.25. The van der Waals surface area contributed by atoms with Gasteiger partial charge in [-0.05, 0) is 72.0 Å². The second kappa shape index (κ2) is 8.70. The van der Waals surface area contributed by atoms with Gasteiger partial charge in [0.05, 0.1) is 11.7 Å². The Kier molecular flexibility index (Phi) is 6.35. The quantitative estimate of drug-likeness (QED) is 0.476. The number of rotatable bonds is 2. The van der Waals surface area contributed by atoms with Gasteiger partial charge >= 0.3 is 0 Å². The summed E-state index contributed by atoms with van der Waals surface area (Å²) in [5, 5.41) is 4.68. The lowest BCUT2D eigenvalue weighted by Crippen LogP contribution is -2.29. The van der Waals surface area contributed by atoms with Crippen molar-refractivity contribution in [3.63, 3.8) is 0 Å². The van der Waals surface area contributed by atoms with Gasteiger partial charge in [-0.15, -0.1) is 12.6 Å². The minimum absolute atomic E-state index is 0.801. The average Bonchev–Trinajstić information content (AvgIpc) is 2.99. The molecule has 1 aliphatic rings. The van der Waals surface area contributed by atoms with E-state index in [1.807, 2.05) is 36.5 Å². The molecule has 24 heavy (non-hydrogen) atoms. The highest BCUT2D eigenvalue weighted by Crippen LogP contribution is 2.22. The molecule has 1 fully saturated rings. The van der Waals surface area contributed by atoms with Crippen LogP contribution in [0.4, 0.5) is 0 Å². The van der Waals surface area contributed by atoms with Crippen LogP contribution in [0.5, 0.6) is 0 Å². The van der Waals surface area contributed by atoms with Crippen molar-refractivity contribution in [1.82, 2.24) is 14.9 Å². The van der Waals surface area contributed by atoms with Crippen molar-refractivity contribution in [2.75, 3.05) is 13.1 Å². The zero-order chi connectivity index (χ0) is 16.8. The van der Waals surface area contributed by atoms with Crippen molar-refractivity contribution in [2.45, 2.75) is 24.3 Å². The third-order valence-electron chi connectivity index (χ3n) is 4.29. The SMILES string of the molecule is Brc1cc2ccn(CC3CCNCC3)c2cn1.Sc1ccccc1. The minimum atomic E-state index is 0.801. The molecular formula is C19H22BrN3S. The molecule has 0 spiro atoms. The van der Waals surface area contributed by atoms with E-state index in [2.05, 4.69) is 61.8 Å². The molecule has 0 amide bonds. The number of thiol groups is 1. The van der Waals surface area contributed by atoms with Gasteiger partial charge in [-0.25, -0.2) is 4.98 Å². The van der Waals surface area contributed by atoms with E-state index in [9.17, 15) is 0 Å². The number of hydrogen-bond acceptors (Lipinski definition) is 3. The van der Waals surface area contributed by atoms with Crippen molar-refractivity contribution < 1.29 is 0 Å². The van der Waals surface area contributed by atoms with Crippen LogP contribution in [-0.4, -0.2) is 22.6 Å². The van der Waals surface area contributed by atoms with E-state index in [4.69, 9.17) is 0 Å². The fourth-order valence-corrected chi connectivity index (χ4v) is 3.51. The summed E-state index contributed by atoms with van der Waals surface area (Å²) in [6.45, 7) is 3.44. The molecule has 3 nitrogen and oxygen atoms in total. The van der Waals surface area contributed by atoms with Gasteiger partial charge in [0.1, 0.15) is 4.60 Å². The fourth-order valence-electron chi connectivity index (χ4n) is 2.99. The number of aromatic nitrogens is 2. The molecule has 3 aromatic rings. The van der Waals surface area contributed by atoms with Crippen molar-refractivity contribution in [3.05, 3.63) is 59.5 Å². The van der Waals surface area contributed by atoms with Crippen LogP contribution in [0.25, 0.3) is 10.9 Å². The van der Waals surface area contributed by atoms with Gasteiger partial charge in [-0.1, -0.05) is 18.2 Å². The highest BCUT2D eigenvalue weighted by Gasteiger charge is 2.14. The third-order valence-corrected chi connectivity index (χ3v) is 5.03. The number of pyridine rings is 1. The highest BCUT2D eigenvalue weighted by atomic mass is 79.9. The third kappa shape index (κ3) is 4.85. The van der Waals surface area contributed by atoms with E-state index >= 15 is 0 Å². The van der Waals surface area contributed by atoms with Crippen LogP contribution in [0.15, 0.2) is 64.4 Å². The van der Waals surface area contributed by atoms with Crippen LogP contribution >= 0.6 is 28.6 Å². The van der Waals surface area contributed by atoms with Crippen LogP contribution in [-0.2, 0) is 6.54 Å². The maximum absolute atomic E-state index is 4.32. The Hall–Kier alpha value is -1.30. The van der Waals surface area contributed by atoms with Gasteiger partial charge < -0.3 is 9.88 Å². The predicted molar refractivity (Wildman–Crippen MR) is 107 cm³/mol. The molecule has 1 N–H and O–H groups in total. The molecule has 126 valence electrons. The summed E-state index contributed by atoms with van der Waals surface area (Å²) in [5.74, 6) is 0.801. The summed E-state index contributed by atoms with van der Waals surface area (Å²) in [4.78, 5) is 5.33. The van der Waals surface area contributed by atoms with E-state index in [-0.39, 0.29) is 0 Å². The van der Waals surface area contributed by atoms with Crippen molar-refractivity contribution in [3.8, 4) is 0 Å². The fraction of sp³-hybridized carbons (Fsp3) is 0.316. The second-order valence-electron chi connectivity index (χ2n) is 6.06. The molecule has 1 aliphatic heterocycles. The van der Waals surface area contributed by atoms with Gasteiger partial charge in [0.2, 0.25) is 0 Å². The number of hydrogen-bond donors (Lipinski definition) is 2. The topological polar surface area (TPSA) is 29.9 Å². The van der Waals surface area contributed by atoms with Gasteiger partial charge in [-0.2, -0.15) is 0 Å². The summed E-state index contributed by atoms with van der Waals surface area (Å²) in [6, 6.07) is 14.0. The number of halogens is 1. The number of nitrogens with zero attached hydrogens (tertiary/aromatic N) is 2. The summed E-state index contributed by atoms with van der Waals surface area (Å²) in [7, 11) is 0. The van der Waals surface area contributed by atoms with E-state index in [0.717, 1.165) is 35.1 Å². The van der Waals surface area contributed by atoms with Crippen LogP contribution in [0.2, 0.25) is 0 Å². The van der Waals surface area contributed by atoms with Crippen molar-refractivity contribution in [2.24, 2.45) is 5.92 Å². The monoisotopic (exact) mass is 403 g/mol. The number of benzene rings is 1. The molecule has 4 rings (SSSR count). The minimum Gasteiger partial charge on any atom is -0.346 e. The second-order valence-corrected chi connectivity index (χ2v) is 7.39. The van der Waals surface area contributed by atoms with Crippen LogP contribution < -0.4 is 5.32 Å². The molecule has 3 heterocycles. The van der Waals surface area contributed by atoms with E-state index in [1.54, 1.807) is 0 Å². The predicted octanol–water partition coefficient (Wildman–Crippen LogP) is 4.77. The molecule has 0 radical (unpaired) electrons. The lowest BCUT2D eigenvalue weighted by Gasteiger charge is -2.23. The van der Waals surface area contributed by atoms with Gasteiger partial charge in [-0.3, -0.25) is 0 Å². The first kappa shape index (κ1) is 17.5. The van der Waals surface area contributed by atoms with Gasteiger partial charge in [0, 0.05) is 23.0 Å². The Morgan fingerprint density at radius 3 is 2.58 bits per heavy atom. The van der Waals surface area contributed by atoms with E-state index in [1.165, 1.54) is 23.7 Å². The Bertz CT molecular complexity index is 767. The molecule has 0 aliphatic carbocycles. The molecule has 2 aromatic heterocycles. The first-order valence-electron chi connectivity index (χ1n) is 8.27. The van der Waals surface area contributed by atoms with Crippen molar-refractivity contribution in [1.29, 1.82) is 0 Å². The Morgan fingerprint density at radius 1 is 1.17 bits per heavy atom. The molecule has 0 saturated carbocycles. The smallest absolute Gasteiger partial charge is 0.106 e. The number of piperidine rings is 1. The standard InChI is InChI=1S/C13H16BrN3.C6H6S/c14-13-7-11-3-6-17(12(11)8-16-13)9-10-1-4-15-5-2-10;7-6-4-2-1-3-5-6/h3,6-8,10,15H,1-2,4-5,9H2;1-5,7H. The first-order chi connectivity index (χ1) is 11.7. The maximum Gasteiger partial charge on any atom is 0.106 e. The highest BCUT2D eigenvalue weighted by molar-refractivity contribution is 9.10. The Morgan fingerprint density at radius 2 is 1.92 bits per heavy atom. The molecule has 1 saturated heterocycles. The molecule has 1 aromatic carbocycles. The molecular weight excluding hydrogens is 382 g/mol. The number of nitrogens with one attached hydrogen (secondary N) is 1. The molecule has 0 bridgehead atoms. The molecule has 0 unspecified atom stereocenters. The largest absolute Gasteiger partial charge is 0.346 e. The number of fused-ring (bicyclic) bond motifs is 1. The molecule has 0 atom stereocenters. The van der Waals surface area contributed by atoms with Crippen LogP contribution in [0.3, 0.4) is 0 Å². The summed E-state index contributed by atoms with van der Waals surface area (Å²) in [6.07, 6.45) is 6.70. The lowest BCUT2D eigenvalue weighted by molar-refractivity contribution is 0.337. The zero-order valence-electron chi connectivity index (χ0n) is 13.5. The molecule has 5 heteroatoms. The van der Waals surface area contributed by atoms with Crippen molar-refractivity contribution >= 4 is 39.5 Å². The Balaban J connectivity index is 0.000000203. The summed E-state index contributed by atoms with van der Waals surface area (Å²) in [5.41, 5.74) is 1.24. The van der Waals surface area contributed by atoms with Crippen LogP contribution in [0.1, 0.15) is 12.8 Å². The van der Waals surface area contributed by atoms with Gasteiger partial charge in [0.25, 0.3) is 0 Å². The first-order valence-corrected chi connectivity index (χ1v) is 9.51. The van der Waals surface area contributed by atoms with Crippen LogP contribution in [0, 0.1) is 5.92 Å².